The Balaban J connectivity index is 2.06. The van der Waals surface area contributed by atoms with Crippen molar-refractivity contribution in [3.05, 3.63) is 54.0 Å². The van der Waals surface area contributed by atoms with Gasteiger partial charge in [-0.2, -0.15) is 13.2 Å². The highest BCUT2D eigenvalue weighted by atomic mass is 19.4. The summed E-state index contributed by atoms with van der Waals surface area (Å²) in [6, 6.07) is 6.30. The summed E-state index contributed by atoms with van der Waals surface area (Å²) in [5.74, 6) is -1.66. The van der Waals surface area contributed by atoms with Crippen LogP contribution in [0, 0.1) is 0 Å². The topological polar surface area (TPSA) is 99.0 Å². The van der Waals surface area contributed by atoms with E-state index in [1.165, 1.54) is 17.6 Å². The van der Waals surface area contributed by atoms with Gasteiger partial charge in [0.2, 0.25) is 0 Å². The summed E-state index contributed by atoms with van der Waals surface area (Å²) in [4.78, 5) is 23.1. The largest absolute Gasteiger partial charge is 0.550 e. The Hall–Kier alpha value is -2.81. The molecule has 0 aliphatic rings. The third kappa shape index (κ3) is 5.64. The van der Waals surface area contributed by atoms with E-state index in [1.54, 1.807) is 12.1 Å². The number of hydrogen-bond donors (Lipinski definition) is 2. The Labute approximate surface area is 140 Å². The molecule has 0 aliphatic carbocycles. The van der Waals surface area contributed by atoms with E-state index in [4.69, 9.17) is 4.42 Å². The molecule has 0 aliphatic heterocycles. The number of carbonyl (C=O) groups excluding carboxylic acids is 2. The van der Waals surface area contributed by atoms with Gasteiger partial charge < -0.3 is 25.0 Å². The van der Waals surface area contributed by atoms with Crippen molar-refractivity contribution >= 4 is 17.6 Å². The fourth-order valence-corrected chi connectivity index (χ4v) is 2.16. The molecule has 1 amide bonds. The number of nitrogens with two attached hydrogens (primary N) is 1. The molecule has 0 bridgehead atoms. The summed E-state index contributed by atoms with van der Waals surface area (Å²) in [5, 5.41) is 14.5. The standard InChI is InChI=1S/C16H15F3N2O4/c17-16(18,19)10-3-1-4-11(7-10)21-15(24)13(8-14(22)23)20-9-12-5-2-6-25-12/h1-7,13,20H,8-9H2,(H,21,24)(H,22,23)/t13-/m1/s1. The minimum atomic E-state index is -4.55. The molecule has 134 valence electrons. The Bertz CT molecular complexity index is 729. The molecule has 1 aromatic carbocycles. The van der Waals surface area contributed by atoms with E-state index < -0.39 is 36.1 Å². The molecule has 1 aromatic heterocycles. The number of carboxylic acid groups (broad SMARTS) is 1. The first-order valence-electron chi connectivity index (χ1n) is 7.29. The second-order valence-corrected chi connectivity index (χ2v) is 5.27. The van der Waals surface area contributed by atoms with Crippen LogP contribution in [0.1, 0.15) is 17.7 Å². The molecule has 0 fully saturated rings. The molecule has 2 aromatic rings. The van der Waals surface area contributed by atoms with E-state index >= 15 is 0 Å². The summed E-state index contributed by atoms with van der Waals surface area (Å²) in [6.07, 6.45) is -3.71. The number of anilines is 1. The van der Waals surface area contributed by atoms with Crippen LogP contribution in [0.2, 0.25) is 0 Å². The van der Waals surface area contributed by atoms with Gasteiger partial charge in [-0.25, -0.2) is 0 Å². The number of carbonyl (C=O) groups is 2. The van der Waals surface area contributed by atoms with Crippen molar-refractivity contribution < 1.29 is 37.6 Å². The average Bonchev–Trinajstić information content (AvgIpc) is 3.04. The van der Waals surface area contributed by atoms with E-state index in [9.17, 15) is 27.9 Å². The Morgan fingerprint density at radius 2 is 2.00 bits per heavy atom. The fourth-order valence-electron chi connectivity index (χ4n) is 2.16. The lowest BCUT2D eigenvalue weighted by atomic mass is 10.1. The number of nitrogens with one attached hydrogen (secondary N) is 1. The zero-order valence-electron chi connectivity index (χ0n) is 12.9. The minimum Gasteiger partial charge on any atom is -0.550 e. The maximum Gasteiger partial charge on any atom is 0.416 e. The van der Waals surface area contributed by atoms with Crippen LogP contribution in [-0.2, 0) is 22.3 Å². The van der Waals surface area contributed by atoms with Gasteiger partial charge in [0.05, 0.1) is 11.8 Å². The van der Waals surface area contributed by atoms with E-state index in [-0.39, 0.29) is 12.2 Å². The number of halogens is 3. The summed E-state index contributed by atoms with van der Waals surface area (Å²) in [6.45, 7) is 0.195. The first kappa shape index (κ1) is 18.5. The number of amides is 1. The molecule has 25 heavy (non-hydrogen) atoms. The number of benzene rings is 1. The third-order valence-electron chi connectivity index (χ3n) is 3.36. The summed E-state index contributed by atoms with van der Waals surface area (Å²) < 4.78 is 43.2. The molecule has 0 unspecified atom stereocenters. The predicted molar refractivity (Wildman–Crippen MR) is 77.8 cm³/mol. The van der Waals surface area contributed by atoms with Gasteiger partial charge in [-0.3, -0.25) is 4.79 Å². The Kier molecular flexibility index (Phi) is 5.81. The normalized spacial score (nSPS) is 12.6. The highest BCUT2D eigenvalue weighted by molar-refractivity contribution is 5.95. The molecule has 9 heteroatoms. The van der Waals surface area contributed by atoms with Crippen LogP contribution < -0.4 is 15.7 Å². The van der Waals surface area contributed by atoms with Crippen LogP contribution in [0.3, 0.4) is 0 Å². The van der Waals surface area contributed by atoms with Gasteiger partial charge in [0.25, 0.3) is 5.91 Å². The number of alkyl halides is 3. The zero-order chi connectivity index (χ0) is 18.4. The summed E-state index contributed by atoms with van der Waals surface area (Å²) >= 11 is 0. The quantitative estimate of drug-likeness (QED) is 0.755. The molecule has 1 heterocycles. The molecule has 0 saturated heterocycles. The number of carboxylic acids is 1. The predicted octanol–water partition coefficient (Wildman–Crippen LogP) is 0.509. The van der Waals surface area contributed by atoms with Gasteiger partial charge in [0, 0.05) is 18.1 Å². The monoisotopic (exact) mass is 356 g/mol. The van der Waals surface area contributed by atoms with Gasteiger partial charge >= 0.3 is 6.18 Å². The number of furan rings is 1. The number of aliphatic carboxylic acids is 1. The lowest BCUT2D eigenvalue weighted by Crippen LogP contribution is -2.91. The SMILES string of the molecule is O=C([O-])C[C@@H]([NH2+]Cc1ccco1)C(=O)Nc1cccc(C(F)(F)F)c1. The number of rotatable bonds is 7. The van der Waals surface area contributed by atoms with Crippen molar-refractivity contribution in [2.45, 2.75) is 25.2 Å². The van der Waals surface area contributed by atoms with Crippen LogP contribution in [0.25, 0.3) is 0 Å². The molecule has 2 rings (SSSR count). The van der Waals surface area contributed by atoms with Crippen LogP contribution >= 0.6 is 0 Å². The van der Waals surface area contributed by atoms with Crippen molar-refractivity contribution in [2.24, 2.45) is 0 Å². The second kappa shape index (κ2) is 7.84. The van der Waals surface area contributed by atoms with Crippen LogP contribution in [0.5, 0.6) is 0 Å². The van der Waals surface area contributed by atoms with E-state index in [0.29, 0.717) is 5.76 Å². The third-order valence-corrected chi connectivity index (χ3v) is 3.36. The van der Waals surface area contributed by atoms with Gasteiger partial charge in [-0.15, -0.1) is 0 Å². The number of hydrogen-bond acceptors (Lipinski definition) is 4. The number of quaternary nitrogens is 1. The van der Waals surface area contributed by atoms with E-state index in [2.05, 4.69) is 5.32 Å². The average molecular weight is 356 g/mol. The minimum absolute atomic E-state index is 0.0745. The maximum atomic E-state index is 12.7. The van der Waals surface area contributed by atoms with Crippen LogP contribution in [0.15, 0.2) is 47.1 Å². The van der Waals surface area contributed by atoms with E-state index in [1.807, 2.05) is 0 Å². The molecular formula is C16H15F3N2O4. The highest BCUT2D eigenvalue weighted by Crippen LogP contribution is 2.30. The Morgan fingerprint density at radius 3 is 2.60 bits per heavy atom. The molecule has 0 radical (unpaired) electrons. The molecule has 1 atom stereocenters. The highest BCUT2D eigenvalue weighted by Gasteiger charge is 2.31. The zero-order valence-corrected chi connectivity index (χ0v) is 12.9. The summed E-state index contributed by atoms with van der Waals surface area (Å²) in [5.41, 5.74) is -0.990. The fraction of sp³-hybridized carbons (Fsp3) is 0.250. The molecule has 6 nitrogen and oxygen atoms in total. The van der Waals surface area contributed by atoms with Crippen molar-refractivity contribution in [1.29, 1.82) is 0 Å². The summed E-state index contributed by atoms with van der Waals surface area (Å²) in [7, 11) is 0. The second-order valence-electron chi connectivity index (χ2n) is 5.27. The lowest BCUT2D eigenvalue weighted by Gasteiger charge is -2.16. The van der Waals surface area contributed by atoms with Crippen LogP contribution in [0.4, 0.5) is 18.9 Å². The van der Waals surface area contributed by atoms with Crippen molar-refractivity contribution in [1.82, 2.24) is 0 Å². The van der Waals surface area contributed by atoms with Crippen molar-refractivity contribution in [3.8, 4) is 0 Å². The van der Waals surface area contributed by atoms with Crippen molar-refractivity contribution in [3.63, 3.8) is 0 Å². The smallest absolute Gasteiger partial charge is 0.416 e. The molecule has 3 N–H and O–H groups in total. The first-order valence-corrected chi connectivity index (χ1v) is 7.29. The van der Waals surface area contributed by atoms with Gasteiger partial charge in [-0.05, 0) is 30.3 Å². The first-order chi connectivity index (χ1) is 11.8. The molecule has 0 spiro atoms. The van der Waals surface area contributed by atoms with Gasteiger partial charge in [-0.1, -0.05) is 6.07 Å². The van der Waals surface area contributed by atoms with Crippen molar-refractivity contribution in [2.75, 3.05) is 5.32 Å². The van der Waals surface area contributed by atoms with E-state index in [0.717, 1.165) is 18.2 Å². The van der Waals surface area contributed by atoms with Gasteiger partial charge in [0.1, 0.15) is 6.54 Å². The van der Waals surface area contributed by atoms with Crippen LogP contribution in [-0.4, -0.2) is 17.9 Å². The molecular weight excluding hydrogens is 341 g/mol. The lowest BCUT2D eigenvalue weighted by molar-refractivity contribution is -0.693. The Morgan fingerprint density at radius 1 is 1.24 bits per heavy atom. The maximum absolute atomic E-state index is 12.7. The molecule has 0 saturated carbocycles. The van der Waals surface area contributed by atoms with Gasteiger partial charge in [0.15, 0.2) is 11.8 Å².